The summed E-state index contributed by atoms with van der Waals surface area (Å²) in [5, 5.41) is 12.3. The molecule has 4 nitrogen and oxygen atoms in total. The maximum atomic E-state index is 12.5. The van der Waals surface area contributed by atoms with E-state index in [9.17, 15) is 10.1 Å². The van der Waals surface area contributed by atoms with Gasteiger partial charge in [-0.25, -0.2) is 0 Å². The fraction of sp³-hybridized carbons (Fsp3) is 0.333. The molecule has 130 valence electrons. The molecule has 1 heterocycles. The molecule has 0 spiro atoms. The lowest BCUT2D eigenvalue weighted by molar-refractivity contribution is -0.112. The van der Waals surface area contributed by atoms with E-state index >= 15 is 0 Å². The van der Waals surface area contributed by atoms with Crippen molar-refractivity contribution >= 4 is 17.7 Å². The second kappa shape index (κ2) is 7.40. The maximum Gasteiger partial charge on any atom is 0.266 e. The van der Waals surface area contributed by atoms with Crippen LogP contribution in [0.25, 0.3) is 6.08 Å². The third-order valence-electron chi connectivity index (χ3n) is 4.56. The Balaban J connectivity index is 2.35. The Hall–Kier alpha value is -2.80. The van der Waals surface area contributed by atoms with Gasteiger partial charge in [-0.1, -0.05) is 12.1 Å². The first-order valence-electron chi connectivity index (χ1n) is 8.44. The fourth-order valence-electron chi connectivity index (χ4n) is 3.12. The maximum absolute atomic E-state index is 12.5. The summed E-state index contributed by atoms with van der Waals surface area (Å²) in [5.74, 6) is -0.384. The van der Waals surface area contributed by atoms with Gasteiger partial charge in [-0.15, -0.1) is 0 Å². The molecule has 1 aromatic heterocycles. The smallest absolute Gasteiger partial charge is 0.266 e. The van der Waals surface area contributed by atoms with E-state index in [-0.39, 0.29) is 11.5 Å². The summed E-state index contributed by atoms with van der Waals surface area (Å²) in [4.78, 5) is 12.5. The van der Waals surface area contributed by atoms with Crippen molar-refractivity contribution in [2.75, 3.05) is 5.32 Å². The molecular formula is C21H25N3O. The summed E-state index contributed by atoms with van der Waals surface area (Å²) >= 11 is 0. The summed E-state index contributed by atoms with van der Waals surface area (Å²) in [6, 6.07) is 10.1. The first-order valence-corrected chi connectivity index (χ1v) is 8.44. The molecule has 0 aliphatic carbocycles. The normalized spacial score (nSPS) is 11.5. The highest BCUT2D eigenvalue weighted by Crippen LogP contribution is 2.23. The van der Waals surface area contributed by atoms with Crippen LogP contribution in [0.15, 0.2) is 29.8 Å². The van der Waals surface area contributed by atoms with Crippen molar-refractivity contribution in [3.8, 4) is 6.07 Å². The van der Waals surface area contributed by atoms with Crippen molar-refractivity contribution in [2.45, 2.75) is 47.6 Å². The molecule has 1 N–H and O–H groups in total. The summed E-state index contributed by atoms with van der Waals surface area (Å²) in [7, 11) is 0. The van der Waals surface area contributed by atoms with Crippen LogP contribution in [0, 0.1) is 39.0 Å². The third-order valence-corrected chi connectivity index (χ3v) is 4.56. The molecule has 4 heteroatoms. The number of rotatable bonds is 4. The van der Waals surface area contributed by atoms with Crippen molar-refractivity contribution in [2.24, 2.45) is 0 Å². The van der Waals surface area contributed by atoms with Crippen LogP contribution in [0.3, 0.4) is 0 Å². The van der Waals surface area contributed by atoms with Crippen LogP contribution in [-0.2, 0) is 4.79 Å². The zero-order valence-corrected chi connectivity index (χ0v) is 15.8. The zero-order chi connectivity index (χ0) is 18.7. The van der Waals surface area contributed by atoms with Gasteiger partial charge in [0.2, 0.25) is 0 Å². The van der Waals surface area contributed by atoms with Gasteiger partial charge in [0.05, 0.1) is 0 Å². The molecule has 0 saturated carbocycles. The standard InChI is InChI=1S/C21H25N3O/c1-13(2)24-15(4)10-18(17(24)6)11-19(12-22)21(25)23-20-9-7-8-14(3)16(20)5/h7-11,13H,1-6H3,(H,23,25)/b19-11+. The zero-order valence-electron chi connectivity index (χ0n) is 15.8. The average molecular weight is 335 g/mol. The van der Waals surface area contributed by atoms with Gasteiger partial charge in [0.15, 0.2) is 0 Å². The Kier molecular flexibility index (Phi) is 5.48. The number of nitrogens with one attached hydrogen (secondary N) is 1. The highest BCUT2D eigenvalue weighted by molar-refractivity contribution is 6.10. The molecule has 0 radical (unpaired) electrons. The van der Waals surface area contributed by atoms with Crippen molar-refractivity contribution in [1.29, 1.82) is 5.26 Å². The van der Waals surface area contributed by atoms with Crippen LogP contribution in [0.4, 0.5) is 5.69 Å². The van der Waals surface area contributed by atoms with Crippen LogP contribution < -0.4 is 5.32 Å². The molecule has 0 atom stereocenters. The molecular weight excluding hydrogens is 310 g/mol. The van der Waals surface area contributed by atoms with Gasteiger partial charge in [0.1, 0.15) is 11.6 Å². The molecule has 1 amide bonds. The first kappa shape index (κ1) is 18.5. The summed E-state index contributed by atoms with van der Waals surface area (Å²) in [6.07, 6.45) is 1.67. The molecule has 0 aliphatic rings. The Morgan fingerprint density at radius 3 is 2.48 bits per heavy atom. The highest BCUT2D eigenvalue weighted by Gasteiger charge is 2.15. The number of hydrogen-bond acceptors (Lipinski definition) is 2. The number of hydrogen-bond donors (Lipinski definition) is 1. The number of nitrogens with zero attached hydrogens (tertiary/aromatic N) is 2. The van der Waals surface area contributed by atoms with E-state index in [1.54, 1.807) is 6.08 Å². The number of aromatic nitrogens is 1. The van der Waals surface area contributed by atoms with Gasteiger partial charge in [-0.05, 0) is 76.4 Å². The van der Waals surface area contributed by atoms with Crippen molar-refractivity contribution in [3.63, 3.8) is 0 Å². The molecule has 2 rings (SSSR count). The lowest BCUT2D eigenvalue weighted by Crippen LogP contribution is -2.14. The Morgan fingerprint density at radius 1 is 1.24 bits per heavy atom. The Bertz CT molecular complexity index is 879. The fourth-order valence-corrected chi connectivity index (χ4v) is 3.12. The van der Waals surface area contributed by atoms with Crippen LogP contribution in [0.2, 0.25) is 0 Å². The van der Waals surface area contributed by atoms with E-state index in [0.29, 0.717) is 6.04 Å². The van der Waals surface area contributed by atoms with E-state index in [4.69, 9.17) is 0 Å². The second-order valence-electron chi connectivity index (χ2n) is 6.66. The van der Waals surface area contributed by atoms with E-state index < -0.39 is 0 Å². The number of amides is 1. The molecule has 2 aromatic rings. The Labute approximate surface area is 149 Å². The number of anilines is 1. The number of nitriles is 1. The van der Waals surface area contributed by atoms with Crippen LogP contribution in [0.1, 0.15) is 48.0 Å². The van der Waals surface area contributed by atoms with Gasteiger partial charge >= 0.3 is 0 Å². The number of carbonyl (C=O) groups is 1. The minimum absolute atomic E-state index is 0.102. The first-order chi connectivity index (χ1) is 11.8. The predicted molar refractivity (Wildman–Crippen MR) is 102 cm³/mol. The summed E-state index contributed by atoms with van der Waals surface area (Å²) in [5.41, 5.74) is 6.01. The summed E-state index contributed by atoms with van der Waals surface area (Å²) in [6.45, 7) is 12.2. The van der Waals surface area contributed by atoms with Crippen LogP contribution >= 0.6 is 0 Å². The third kappa shape index (κ3) is 3.83. The minimum Gasteiger partial charge on any atom is -0.346 e. The number of carbonyl (C=O) groups excluding carboxylic acids is 1. The molecule has 1 aromatic carbocycles. The van der Waals surface area contributed by atoms with Gasteiger partial charge in [0, 0.05) is 23.1 Å². The van der Waals surface area contributed by atoms with Crippen molar-refractivity contribution in [1.82, 2.24) is 4.57 Å². The molecule has 0 fully saturated rings. The highest BCUT2D eigenvalue weighted by atomic mass is 16.1. The van der Waals surface area contributed by atoms with Crippen molar-refractivity contribution < 1.29 is 4.79 Å². The topological polar surface area (TPSA) is 57.8 Å². The minimum atomic E-state index is -0.384. The second-order valence-corrected chi connectivity index (χ2v) is 6.66. The Morgan fingerprint density at radius 2 is 1.92 bits per heavy atom. The van der Waals surface area contributed by atoms with Gasteiger partial charge in [0.25, 0.3) is 5.91 Å². The molecule has 0 unspecified atom stereocenters. The lowest BCUT2D eigenvalue weighted by atomic mass is 10.1. The lowest BCUT2D eigenvalue weighted by Gasteiger charge is -2.13. The van der Waals surface area contributed by atoms with Crippen molar-refractivity contribution in [3.05, 3.63) is 57.9 Å². The van der Waals surface area contributed by atoms with E-state index in [0.717, 1.165) is 33.8 Å². The van der Waals surface area contributed by atoms with E-state index in [1.165, 1.54) is 0 Å². The van der Waals surface area contributed by atoms with E-state index in [1.807, 2.05) is 58.0 Å². The quantitative estimate of drug-likeness (QED) is 0.641. The average Bonchev–Trinajstić information content (AvgIpc) is 2.83. The number of benzene rings is 1. The summed E-state index contributed by atoms with van der Waals surface area (Å²) < 4.78 is 2.20. The SMILES string of the molecule is Cc1cccc(NC(=O)/C(C#N)=C/c2cc(C)n(C(C)C)c2C)c1C. The molecule has 25 heavy (non-hydrogen) atoms. The van der Waals surface area contributed by atoms with Gasteiger partial charge < -0.3 is 9.88 Å². The molecule has 0 bridgehead atoms. The monoisotopic (exact) mass is 335 g/mol. The predicted octanol–water partition coefficient (Wildman–Crippen LogP) is 4.85. The van der Waals surface area contributed by atoms with Crippen LogP contribution in [-0.4, -0.2) is 10.5 Å². The van der Waals surface area contributed by atoms with Crippen LogP contribution in [0.5, 0.6) is 0 Å². The number of aryl methyl sites for hydroxylation is 2. The molecule has 0 aliphatic heterocycles. The molecule has 0 saturated heterocycles. The van der Waals surface area contributed by atoms with Gasteiger partial charge in [-0.3, -0.25) is 4.79 Å². The largest absolute Gasteiger partial charge is 0.346 e. The van der Waals surface area contributed by atoms with E-state index in [2.05, 4.69) is 23.7 Å². The van der Waals surface area contributed by atoms with Gasteiger partial charge in [-0.2, -0.15) is 5.26 Å².